The fraction of sp³-hybridized carbons (Fsp3) is 0.533. The van der Waals surface area contributed by atoms with E-state index in [9.17, 15) is 0 Å². The highest BCUT2D eigenvalue weighted by atomic mass is 32.1. The van der Waals surface area contributed by atoms with Crippen LogP contribution in [-0.4, -0.2) is 47.0 Å². The molecule has 0 aromatic carbocycles. The number of anilines is 1. The van der Waals surface area contributed by atoms with Crippen molar-refractivity contribution < 1.29 is 0 Å². The minimum absolute atomic E-state index is 0.593. The number of aliphatic imine (C=N–C) groups is 1. The predicted octanol–water partition coefficient (Wildman–Crippen LogP) is 2.11. The SMILES string of the molecule is NC(=NCc1nc(C2CC2)cs1)N1CCN(c2nccs2)CC1. The second-order valence-corrected chi connectivity index (χ2v) is 7.72. The minimum atomic E-state index is 0.593. The zero-order valence-electron chi connectivity index (χ0n) is 12.9. The first kappa shape index (κ1) is 14.9. The van der Waals surface area contributed by atoms with Crippen LogP contribution >= 0.6 is 22.7 Å². The standard InChI is InChI=1S/C15H20N6S2/c16-14(18-9-13-19-12(10-23-13)11-1-2-11)20-4-6-21(7-5-20)15-17-3-8-22-15/h3,8,10-11H,1-2,4-7,9H2,(H2,16,18). The van der Waals surface area contributed by atoms with Crippen molar-refractivity contribution in [3.8, 4) is 0 Å². The summed E-state index contributed by atoms with van der Waals surface area (Å²) in [6.45, 7) is 4.25. The van der Waals surface area contributed by atoms with E-state index in [1.807, 2.05) is 11.6 Å². The van der Waals surface area contributed by atoms with Gasteiger partial charge in [-0.1, -0.05) is 0 Å². The second kappa shape index (κ2) is 6.45. The van der Waals surface area contributed by atoms with Crippen LogP contribution < -0.4 is 10.6 Å². The Bertz CT molecular complexity index is 668. The van der Waals surface area contributed by atoms with Crippen molar-refractivity contribution in [2.75, 3.05) is 31.1 Å². The largest absolute Gasteiger partial charge is 0.370 e. The first-order valence-electron chi connectivity index (χ1n) is 7.93. The zero-order chi connectivity index (χ0) is 15.6. The van der Waals surface area contributed by atoms with Gasteiger partial charge in [0, 0.05) is 49.1 Å². The van der Waals surface area contributed by atoms with E-state index in [1.165, 1.54) is 18.5 Å². The molecule has 2 aromatic heterocycles. The molecule has 122 valence electrons. The molecule has 6 nitrogen and oxygen atoms in total. The molecule has 2 aromatic rings. The molecule has 1 saturated heterocycles. The Kier molecular flexibility index (Phi) is 4.17. The average Bonchev–Trinajstić information content (AvgIpc) is 3.11. The summed E-state index contributed by atoms with van der Waals surface area (Å²) in [6, 6.07) is 0. The third-order valence-corrected chi connectivity index (χ3v) is 5.92. The maximum absolute atomic E-state index is 6.16. The fourth-order valence-corrected chi connectivity index (χ4v) is 4.21. The van der Waals surface area contributed by atoms with Gasteiger partial charge in [0.15, 0.2) is 11.1 Å². The first-order valence-corrected chi connectivity index (χ1v) is 9.69. The fourth-order valence-electron chi connectivity index (χ4n) is 2.71. The Morgan fingerprint density at radius 2 is 2.09 bits per heavy atom. The zero-order valence-corrected chi connectivity index (χ0v) is 14.5. The lowest BCUT2D eigenvalue weighted by molar-refractivity contribution is 0.380. The van der Waals surface area contributed by atoms with Crippen LogP contribution in [0.25, 0.3) is 0 Å². The Balaban J connectivity index is 1.31. The van der Waals surface area contributed by atoms with Crippen LogP contribution in [0.1, 0.15) is 29.5 Å². The molecule has 1 aliphatic carbocycles. The van der Waals surface area contributed by atoms with Crippen molar-refractivity contribution in [3.63, 3.8) is 0 Å². The highest BCUT2D eigenvalue weighted by molar-refractivity contribution is 7.13. The molecule has 23 heavy (non-hydrogen) atoms. The molecule has 8 heteroatoms. The number of piperazine rings is 1. The summed E-state index contributed by atoms with van der Waals surface area (Å²) < 4.78 is 0. The molecule has 2 aliphatic rings. The first-order chi connectivity index (χ1) is 11.3. The van der Waals surface area contributed by atoms with Gasteiger partial charge in [-0.25, -0.2) is 15.0 Å². The number of hydrogen-bond acceptors (Lipinski definition) is 6. The van der Waals surface area contributed by atoms with Gasteiger partial charge in [-0.15, -0.1) is 22.7 Å². The Labute approximate surface area is 143 Å². The normalized spacial score (nSPS) is 19.4. The van der Waals surface area contributed by atoms with E-state index in [0.29, 0.717) is 18.4 Å². The molecule has 0 spiro atoms. The molecule has 0 atom stereocenters. The van der Waals surface area contributed by atoms with E-state index in [0.717, 1.165) is 36.3 Å². The monoisotopic (exact) mass is 348 g/mol. The van der Waals surface area contributed by atoms with E-state index in [-0.39, 0.29) is 0 Å². The third-order valence-electron chi connectivity index (χ3n) is 4.23. The van der Waals surface area contributed by atoms with Gasteiger partial charge in [0.25, 0.3) is 0 Å². The lowest BCUT2D eigenvalue weighted by Crippen LogP contribution is -2.51. The molecular formula is C15H20N6S2. The summed E-state index contributed by atoms with van der Waals surface area (Å²) in [7, 11) is 0. The van der Waals surface area contributed by atoms with E-state index in [2.05, 4.69) is 30.1 Å². The average molecular weight is 349 g/mol. The van der Waals surface area contributed by atoms with Gasteiger partial charge in [0.2, 0.25) is 0 Å². The van der Waals surface area contributed by atoms with E-state index in [1.54, 1.807) is 22.7 Å². The van der Waals surface area contributed by atoms with Crippen LogP contribution in [0.4, 0.5) is 5.13 Å². The highest BCUT2D eigenvalue weighted by Crippen LogP contribution is 2.40. The summed E-state index contributed by atoms with van der Waals surface area (Å²) in [5.41, 5.74) is 7.41. The van der Waals surface area contributed by atoms with E-state index >= 15 is 0 Å². The number of guanidine groups is 1. The molecule has 4 rings (SSSR count). The number of hydrogen-bond donors (Lipinski definition) is 1. The minimum Gasteiger partial charge on any atom is -0.370 e. The number of rotatable bonds is 4. The number of thiazole rings is 2. The summed E-state index contributed by atoms with van der Waals surface area (Å²) in [4.78, 5) is 18.0. The highest BCUT2D eigenvalue weighted by Gasteiger charge is 2.26. The van der Waals surface area contributed by atoms with Gasteiger partial charge < -0.3 is 15.5 Å². The lowest BCUT2D eigenvalue weighted by Gasteiger charge is -2.35. The van der Waals surface area contributed by atoms with Gasteiger partial charge in [-0.2, -0.15) is 0 Å². The van der Waals surface area contributed by atoms with Gasteiger partial charge in [-0.3, -0.25) is 0 Å². The molecule has 2 fully saturated rings. The Morgan fingerprint density at radius 1 is 1.26 bits per heavy atom. The maximum Gasteiger partial charge on any atom is 0.191 e. The molecule has 0 radical (unpaired) electrons. The molecule has 1 aliphatic heterocycles. The number of aromatic nitrogens is 2. The summed E-state index contributed by atoms with van der Waals surface area (Å²) in [5, 5.41) is 6.35. The van der Waals surface area contributed by atoms with Crippen molar-refractivity contribution in [3.05, 3.63) is 27.7 Å². The summed E-state index contributed by atoms with van der Waals surface area (Å²) >= 11 is 3.38. The molecule has 3 heterocycles. The van der Waals surface area contributed by atoms with E-state index < -0.39 is 0 Å². The van der Waals surface area contributed by atoms with Crippen LogP contribution in [0.15, 0.2) is 21.9 Å². The van der Waals surface area contributed by atoms with Crippen molar-refractivity contribution in [1.29, 1.82) is 0 Å². The Hall–Kier alpha value is -1.67. The molecule has 0 unspecified atom stereocenters. The molecule has 2 N–H and O–H groups in total. The quantitative estimate of drug-likeness (QED) is 0.677. The van der Waals surface area contributed by atoms with Crippen LogP contribution in [0.2, 0.25) is 0 Å². The number of nitrogens with two attached hydrogens (primary N) is 1. The van der Waals surface area contributed by atoms with Crippen LogP contribution in [0, 0.1) is 0 Å². The smallest absolute Gasteiger partial charge is 0.191 e. The maximum atomic E-state index is 6.16. The topological polar surface area (TPSA) is 70.6 Å². The van der Waals surface area contributed by atoms with Crippen LogP contribution in [0.3, 0.4) is 0 Å². The summed E-state index contributed by atoms with van der Waals surface area (Å²) in [6.07, 6.45) is 4.43. The number of nitrogens with zero attached hydrogens (tertiary/aromatic N) is 5. The lowest BCUT2D eigenvalue weighted by atomic mass is 10.3. The van der Waals surface area contributed by atoms with Gasteiger partial charge in [0.1, 0.15) is 5.01 Å². The van der Waals surface area contributed by atoms with E-state index in [4.69, 9.17) is 5.73 Å². The van der Waals surface area contributed by atoms with Gasteiger partial charge in [-0.05, 0) is 12.8 Å². The Morgan fingerprint density at radius 3 is 2.78 bits per heavy atom. The van der Waals surface area contributed by atoms with Crippen molar-refractivity contribution in [1.82, 2.24) is 14.9 Å². The van der Waals surface area contributed by atoms with Crippen molar-refractivity contribution in [2.24, 2.45) is 10.7 Å². The van der Waals surface area contributed by atoms with Gasteiger partial charge in [0.05, 0.1) is 12.2 Å². The molecule has 0 amide bonds. The molecular weight excluding hydrogens is 328 g/mol. The van der Waals surface area contributed by atoms with Crippen molar-refractivity contribution >= 4 is 33.8 Å². The second-order valence-electron chi connectivity index (χ2n) is 5.90. The van der Waals surface area contributed by atoms with Crippen LogP contribution in [0.5, 0.6) is 0 Å². The predicted molar refractivity (Wildman–Crippen MR) is 95.3 cm³/mol. The molecule has 1 saturated carbocycles. The third kappa shape index (κ3) is 3.48. The van der Waals surface area contributed by atoms with Crippen LogP contribution in [-0.2, 0) is 6.54 Å². The summed E-state index contributed by atoms with van der Waals surface area (Å²) in [5.74, 6) is 1.34. The molecule has 0 bridgehead atoms. The van der Waals surface area contributed by atoms with Crippen molar-refractivity contribution in [2.45, 2.75) is 25.3 Å². The van der Waals surface area contributed by atoms with Gasteiger partial charge >= 0.3 is 0 Å².